The van der Waals surface area contributed by atoms with Crippen molar-refractivity contribution in [3.05, 3.63) is 45.5 Å². The van der Waals surface area contributed by atoms with Crippen molar-refractivity contribution in [3.63, 3.8) is 0 Å². The van der Waals surface area contributed by atoms with Gasteiger partial charge in [-0.1, -0.05) is 18.2 Å². The molecule has 1 atom stereocenters. The molecular formula is C10H9NO4. The van der Waals surface area contributed by atoms with Crippen LogP contribution in [0.5, 0.6) is 0 Å². The Balaban J connectivity index is 2.36. The van der Waals surface area contributed by atoms with Crippen molar-refractivity contribution in [1.29, 1.82) is 0 Å². The third-order valence-electron chi connectivity index (χ3n) is 2.41. The zero-order chi connectivity index (χ0) is 10.8. The number of carbonyl (C=O) groups is 1. The second kappa shape index (κ2) is 3.68. The number of ether oxygens (including phenoxy) is 1. The van der Waals surface area contributed by atoms with E-state index in [1.807, 2.05) is 0 Å². The molecule has 0 aliphatic carbocycles. The van der Waals surface area contributed by atoms with Gasteiger partial charge in [0, 0.05) is 4.92 Å². The van der Waals surface area contributed by atoms with Gasteiger partial charge in [-0.05, 0) is 11.6 Å². The second-order valence-corrected chi connectivity index (χ2v) is 3.40. The van der Waals surface area contributed by atoms with Crippen LogP contribution >= 0.6 is 0 Å². The van der Waals surface area contributed by atoms with Gasteiger partial charge in [0.25, 0.3) is 0 Å². The Hall–Kier alpha value is -1.91. The summed E-state index contributed by atoms with van der Waals surface area (Å²) in [7, 11) is 0. The number of benzene rings is 1. The maximum absolute atomic E-state index is 11.3. The first kappa shape index (κ1) is 9.64. The first-order valence-corrected chi connectivity index (χ1v) is 4.56. The minimum atomic E-state index is -0.398. The largest absolute Gasteiger partial charge is 0.461 e. The van der Waals surface area contributed by atoms with E-state index in [0.29, 0.717) is 11.1 Å². The molecule has 1 heterocycles. The van der Waals surface area contributed by atoms with E-state index in [9.17, 15) is 14.9 Å². The van der Waals surface area contributed by atoms with E-state index in [4.69, 9.17) is 4.74 Å². The highest BCUT2D eigenvalue weighted by Crippen LogP contribution is 2.26. The molecule has 1 aliphatic heterocycles. The molecule has 0 unspecified atom stereocenters. The van der Waals surface area contributed by atoms with Crippen LogP contribution in [0.3, 0.4) is 0 Å². The predicted molar refractivity (Wildman–Crippen MR) is 51.3 cm³/mol. The highest BCUT2D eigenvalue weighted by molar-refractivity contribution is 5.92. The first-order valence-electron chi connectivity index (χ1n) is 4.56. The van der Waals surface area contributed by atoms with Crippen molar-refractivity contribution in [1.82, 2.24) is 0 Å². The molecule has 0 bridgehead atoms. The fourth-order valence-corrected chi connectivity index (χ4v) is 1.71. The molecule has 5 nitrogen and oxygen atoms in total. The van der Waals surface area contributed by atoms with Crippen LogP contribution in [0.15, 0.2) is 24.3 Å². The van der Waals surface area contributed by atoms with Crippen LogP contribution in [0.25, 0.3) is 0 Å². The minimum Gasteiger partial charge on any atom is -0.461 e. The summed E-state index contributed by atoms with van der Waals surface area (Å²) in [5, 5.41) is 10.4. The third kappa shape index (κ3) is 1.81. The predicted octanol–water partition coefficient (Wildman–Crippen LogP) is 1.22. The molecule has 1 aliphatic rings. The fraction of sp³-hybridized carbons (Fsp3) is 0.300. The van der Waals surface area contributed by atoms with E-state index in [0.717, 1.165) is 0 Å². The van der Waals surface area contributed by atoms with Crippen LogP contribution in [-0.2, 0) is 4.74 Å². The van der Waals surface area contributed by atoms with Crippen molar-refractivity contribution in [2.45, 2.75) is 5.92 Å². The van der Waals surface area contributed by atoms with Crippen LogP contribution in [-0.4, -0.2) is 24.0 Å². The van der Waals surface area contributed by atoms with E-state index < -0.39 is 5.97 Å². The lowest BCUT2D eigenvalue weighted by Gasteiger charge is -2.21. The molecule has 0 radical (unpaired) electrons. The van der Waals surface area contributed by atoms with E-state index in [-0.39, 0.29) is 24.0 Å². The lowest BCUT2D eigenvalue weighted by Crippen LogP contribution is -2.27. The smallest absolute Gasteiger partial charge is 0.338 e. The quantitative estimate of drug-likeness (QED) is 0.415. The second-order valence-electron chi connectivity index (χ2n) is 3.40. The maximum Gasteiger partial charge on any atom is 0.338 e. The topological polar surface area (TPSA) is 69.4 Å². The van der Waals surface area contributed by atoms with Crippen molar-refractivity contribution >= 4 is 5.97 Å². The Bertz CT molecular complexity index is 416. The van der Waals surface area contributed by atoms with Gasteiger partial charge in [0.15, 0.2) is 0 Å². The van der Waals surface area contributed by atoms with Crippen LogP contribution < -0.4 is 0 Å². The van der Waals surface area contributed by atoms with Crippen molar-refractivity contribution in [2.24, 2.45) is 0 Å². The molecule has 0 saturated heterocycles. The summed E-state index contributed by atoms with van der Waals surface area (Å²) in [6.45, 7) is -0.110. The Morgan fingerprint density at radius 3 is 2.93 bits per heavy atom. The standard InChI is InChI=1S/C10H9NO4/c12-10-9-4-2-1-3-8(9)7(6-15-10)5-11(13)14/h1-4,7H,5-6H2/t7-/m1/s1. The van der Waals surface area contributed by atoms with Gasteiger partial charge >= 0.3 is 5.97 Å². The lowest BCUT2D eigenvalue weighted by molar-refractivity contribution is -0.484. The van der Waals surface area contributed by atoms with Crippen LogP contribution in [0, 0.1) is 10.1 Å². The third-order valence-corrected chi connectivity index (χ3v) is 2.41. The zero-order valence-electron chi connectivity index (χ0n) is 7.88. The molecule has 78 valence electrons. The van der Waals surface area contributed by atoms with Gasteiger partial charge in [0.1, 0.15) is 6.61 Å². The highest BCUT2D eigenvalue weighted by atomic mass is 16.6. The summed E-state index contributed by atoms with van der Waals surface area (Å²) in [4.78, 5) is 21.4. The molecular weight excluding hydrogens is 198 g/mol. The number of cyclic esters (lactones) is 1. The fourth-order valence-electron chi connectivity index (χ4n) is 1.71. The Morgan fingerprint density at radius 2 is 2.20 bits per heavy atom. The Morgan fingerprint density at radius 1 is 1.47 bits per heavy atom. The molecule has 2 rings (SSSR count). The average Bonchev–Trinajstić information content (AvgIpc) is 2.22. The average molecular weight is 207 g/mol. The zero-order valence-corrected chi connectivity index (χ0v) is 7.88. The van der Waals surface area contributed by atoms with Gasteiger partial charge in [-0.25, -0.2) is 4.79 Å². The molecule has 1 aromatic carbocycles. The number of fused-ring (bicyclic) bond motifs is 1. The van der Waals surface area contributed by atoms with Crippen molar-refractivity contribution < 1.29 is 14.5 Å². The van der Waals surface area contributed by atoms with Crippen molar-refractivity contribution in [3.8, 4) is 0 Å². The van der Waals surface area contributed by atoms with Gasteiger partial charge < -0.3 is 4.74 Å². The SMILES string of the molecule is O=C1OC[C@@H](C[N+](=O)[O-])c2ccccc21. The van der Waals surface area contributed by atoms with Crippen LogP contribution in [0.4, 0.5) is 0 Å². The summed E-state index contributed by atoms with van der Waals surface area (Å²) < 4.78 is 4.87. The minimum absolute atomic E-state index is 0.0941. The number of carbonyl (C=O) groups excluding carboxylic acids is 1. The van der Waals surface area contributed by atoms with Gasteiger partial charge in [0.2, 0.25) is 6.54 Å². The molecule has 0 amide bonds. The van der Waals surface area contributed by atoms with E-state index in [1.165, 1.54) is 0 Å². The number of nitro groups is 1. The summed E-state index contributed by atoms with van der Waals surface area (Å²) in [5.41, 5.74) is 1.15. The van der Waals surface area contributed by atoms with Gasteiger partial charge in [-0.15, -0.1) is 0 Å². The first-order chi connectivity index (χ1) is 7.18. The maximum atomic E-state index is 11.3. The number of nitrogens with zero attached hydrogens (tertiary/aromatic N) is 1. The van der Waals surface area contributed by atoms with E-state index >= 15 is 0 Å². The van der Waals surface area contributed by atoms with Gasteiger partial charge in [-0.3, -0.25) is 10.1 Å². The van der Waals surface area contributed by atoms with Crippen LogP contribution in [0.2, 0.25) is 0 Å². The number of hydrogen-bond donors (Lipinski definition) is 0. The Labute approximate surface area is 85.8 Å². The number of hydrogen-bond acceptors (Lipinski definition) is 4. The summed E-state index contributed by atoms with van der Waals surface area (Å²) in [6.07, 6.45) is 0. The van der Waals surface area contributed by atoms with E-state index in [2.05, 4.69) is 0 Å². The molecule has 0 N–H and O–H groups in total. The molecule has 0 spiro atoms. The summed E-state index contributed by atoms with van der Waals surface area (Å²) in [5.74, 6) is -0.723. The van der Waals surface area contributed by atoms with Crippen LogP contribution in [0.1, 0.15) is 21.8 Å². The molecule has 0 fully saturated rings. The monoisotopic (exact) mass is 207 g/mol. The summed E-state index contributed by atoms with van der Waals surface area (Å²) >= 11 is 0. The Kier molecular flexibility index (Phi) is 2.37. The summed E-state index contributed by atoms with van der Waals surface area (Å²) in [6, 6.07) is 6.85. The molecule has 0 saturated carbocycles. The van der Waals surface area contributed by atoms with E-state index in [1.54, 1.807) is 24.3 Å². The molecule has 15 heavy (non-hydrogen) atoms. The lowest BCUT2D eigenvalue weighted by atomic mass is 9.93. The normalized spacial score (nSPS) is 19.2. The highest BCUT2D eigenvalue weighted by Gasteiger charge is 2.29. The molecule has 1 aromatic rings. The van der Waals surface area contributed by atoms with Crippen molar-refractivity contribution in [2.75, 3.05) is 13.2 Å². The molecule has 0 aromatic heterocycles. The van der Waals surface area contributed by atoms with Gasteiger partial charge in [-0.2, -0.15) is 0 Å². The number of rotatable bonds is 2. The molecule has 5 heteroatoms. The number of esters is 1. The van der Waals surface area contributed by atoms with Gasteiger partial charge in [0.05, 0.1) is 11.5 Å².